The number of rotatable bonds is 6. The highest BCUT2D eigenvalue weighted by atomic mass is 32.2. The maximum atomic E-state index is 13.3. The summed E-state index contributed by atoms with van der Waals surface area (Å²) in [6.45, 7) is 2.69. The smallest absolute Gasteiger partial charge is 0.270 e. The zero-order valence-corrected chi connectivity index (χ0v) is 20.3. The van der Waals surface area contributed by atoms with Gasteiger partial charge in [0.05, 0.1) is 22.6 Å². The fourth-order valence-corrected chi connectivity index (χ4v) is 5.81. The van der Waals surface area contributed by atoms with Crippen molar-refractivity contribution in [1.82, 2.24) is 29.3 Å². The van der Waals surface area contributed by atoms with Gasteiger partial charge in [-0.05, 0) is 24.6 Å². The summed E-state index contributed by atoms with van der Waals surface area (Å²) < 4.78 is 34.8. The highest BCUT2D eigenvalue weighted by Crippen LogP contribution is 2.28. The second-order valence-electron chi connectivity index (χ2n) is 8.17. The number of ether oxygens (including phenoxy) is 1. The van der Waals surface area contributed by atoms with Gasteiger partial charge in [0, 0.05) is 44.4 Å². The molecule has 0 N–H and O–H groups in total. The SMILES string of the molecule is COc1cccc(-n2nnc3c(N4CCN(S(=O)(=O)c5cc([N+](=O)[O-])ccc5C)CC4)ncnc32)c1. The fourth-order valence-electron chi connectivity index (χ4n) is 4.14. The van der Waals surface area contributed by atoms with Gasteiger partial charge in [-0.15, -0.1) is 5.10 Å². The van der Waals surface area contributed by atoms with Gasteiger partial charge in [-0.2, -0.15) is 8.99 Å². The van der Waals surface area contributed by atoms with Crippen molar-refractivity contribution in [1.29, 1.82) is 0 Å². The van der Waals surface area contributed by atoms with Crippen molar-refractivity contribution >= 4 is 32.7 Å². The molecular weight excluding hydrogens is 488 g/mol. The molecule has 4 aromatic rings. The van der Waals surface area contributed by atoms with Crippen LogP contribution < -0.4 is 9.64 Å². The third-order valence-corrected chi connectivity index (χ3v) is 8.10. The van der Waals surface area contributed by atoms with Gasteiger partial charge in [-0.25, -0.2) is 18.4 Å². The molecule has 3 heterocycles. The minimum atomic E-state index is -3.91. The predicted molar refractivity (Wildman–Crippen MR) is 130 cm³/mol. The van der Waals surface area contributed by atoms with Crippen LogP contribution >= 0.6 is 0 Å². The average molecular weight is 511 g/mol. The van der Waals surface area contributed by atoms with Crippen LogP contribution in [0.3, 0.4) is 0 Å². The minimum Gasteiger partial charge on any atom is -0.497 e. The van der Waals surface area contributed by atoms with E-state index in [1.807, 2.05) is 29.2 Å². The zero-order valence-electron chi connectivity index (χ0n) is 19.5. The Morgan fingerprint density at radius 2 is 1.83 bits per heavy atom. The van der Waals surface area contributed by atoms with Gasteiger partial charge in [0.15, 0.2) is 17.0 Å². The number of non-ortho nitro benzene ring substituents is 1. The Morgan fingerprint density at radius 3 is 2.56 bits per heavy atom. The molecule has 0 atom stereocenters. The van der Waals surface area contributed by atoms with Gasteiger partial charge in [-0.1, -0.05) is 17.3 Å². The van der Waals surface area contributed by atoms with E-state index in [0.29, 0.717) is 41.4 Å². The maximum Gasteiger partial charge on any atom is 0.270 e. The third kappa shape index (κ3) is 4.09. The zero-order chi connectivity index (χ0) is 25.4. The molecule has 2 aromatic heterocycles. The largest absolute Gasteiger partial charge is 0.497 e. The van der Waals surface area contributed by atoms with E-state index in [2.05, 4.69) is 20.3 Å². The van der Waals surface area contributed by atoms with Crippen LogP contribution in [0.15, 0.2) is 53.7 Å². The summed E-state index contributed by atoms with van der Waals surface area (Å²) in [6.07, 6.45) is 1.42. The molecule has 0 amide bonds. The van der Waals surface area contributed by atoms with Gasteiger partial charge < -0.3 is 9.64 Å². The summed E-state index contributed by atoms with van der Waals surface area (Å²) in [6, 6.07) is 11.2. The van der Waals surface area contributed by atoms with Crippen LogP contribution in [0.5, 0.6) is 5.75 Å². The lowest BCUT2D eigenvalue weighted by molar-refractivity contribution is -0.385. The minimum absolute atomic E-state index is 0.0594. The Hall–Kier alpha value is -4.17. The van der Waals surface area contributed by atoms with Crippen molar-refractivity contribution in [3.8, 4) is 11.4 Å². The van der Waals surface area contributed by atoms with Crippen LogP contribution in [0.2, 0.25) is 0 Å². The molecular formula is C22H22N8O5S. The van der Waals surface area contributed by atoms with Crippen LogP contribution in [0.1, 0.15) is 5.56 Å². The molecule has 0 radical (unpaired) electrons. The van der Waals surface area contributed by atoms with E-state index in [4.69, 9.17) is 4.74 Å². The molecule has 186 valence electrons. The molecule has 0 aliphatic carbocycles. The third-order valence-electron chi connectivity index (χ3n) is 6.05. The Balaban J connectivity index is 1.39. The standard InChI is InChI=1S/C22H22N8O5S/c1-15-6-7-17(30(31)32)13-19(15)36(33,34)28-10-8-27(9-11-28)21-20-22(24-14-23-21)29(26-25-20)16-4-3-5-18(12-16)35-2/h3-7,12-14H,8-11H2,1-2H3. The van der Waals surface area contributed by atoms with Crippen LogP contribution in [0, 0.1) is 17.0 Å². The first-order valence-corrected chi connectivity index (χ1v) is 12.4. The predicted octanol–water partition coefficient (Wildman–Crippen LogP) is 1.95. The molecule has 0 unspecified atom stereocenters. The van der Waals surface area contributed by atoms with Crippen molar-refractivity contribution in [2.45, 2.75) is 11.8 Å². The number of hydrogen-bond acceptors (Lipinski definition) is 10. The molecule has 2 aromatic carbocycles. The first kappa shape index (κ1) is 23.6. The van der Waals surface area contributed by atoms with E-state index in [1.54, 1.807) is 18.7 Å². The number of sulfonamides is 1. The maximum absolute atomic E-state index is 13.3. The number of methoxy groups -OCH3 is 1. The number of aryl methyl sites for hydroxylation is 1. The van der Waals surface area contributed by atoms with Crippen LogP contribution in [-0.2, 0) is 10.0 Å². The van der Waals surface area contributed by atoms with Gasteiger partial charge in [-0.3, -0.25) is 10.1 Å². The molecule has 1 aliphatic heterocycles. The number of hydrogen-bond donors (Lipinski definition) is 0. The van der Waals surface area contributed by atoms with E-state index >= 15 is 0 Å². The number of aromatic nitrogens is 5. The molecule has 5 rings (SSSR count). The molecule has 1 fully saturated rings. The first-order valence-electron chi connectivity index (χ1n) is 11.0. The monoisotopic (exact) mass is 510 g/mol. The molecule has 0 spiro atoms. The molecule has 1 aliphatic rings. The number of fused-ring (bicyclic) bond motifs is 1. The Kier molecular flexibility index (Phi) is 5.97. The fraction of sp³-hybridized carbons (Fsp3) is 0.273. The second kappa shape index (κ2) is 9.13. The topological polar surface area (TPSA) is 149 Å². The van der Waals surface area contributed by atoms with E-state index in [9.17, 15) is 18.5 Å². The molecule has 0 bridgehead atoms. The first-order chi connectivity index (χ1) is 17.3. The number of piperazine rings is 1. The normalized spacial score (nSPS) is 14.8. The lowest BCUT2D eigenvalue weighted by Gasteiger charge is -2.34. The van der Waals surface area contributed by atoms with Gasteiger partial charge >= 0.3 is 0 Å². The van der Waals surface area contributed by atoms with Gasteiger partial charge in [0.2, 0.25) is 10.0 Å². The summed E-state index contributed by atoms with van der Waals surface area (Å²) in [5.41, 5.74) is 1.92. The number of nitrogens with zero attached hydrogens (tertiary/aromatic N) is 8. The lowest BCUT2D eigenvalue weighted by atomic mass is 10.2. The second-order valence-corrected chi connectivity index (χ2v) is 10.1. The van der Waals surface area contributed by atoms with Crippen molar-refractivity contribution in [2.75, 3.05) is 38.2 Å². The summed E-state index contributed by atoms with van der Waals surface area (Å²) in [4.78, 5) is 21.2. The number of anilines is 1. The van der Waals surface area contributed by atoms with Crippen molar-refractivity contribution in [3.63, 3.8) is 0 Å². The molecule has 36 heavy (non-hydrogen) atoms. The van der Waals surface area contributed by atoms with Crippen molar-refractivity contribution < 1.29 is 18.1 Å². The molecule has 13 nitrogen and oxygen atoms in total. The van der Waals surface area contributed by atoms with Gasteiger partial charge in [0.1, 0.15) is 12.1 Å². The summed E-state index contributed by atoms with van der Waals surface area (Å²) >= 11 is 0. The van der Waals surface area contributed by atoms with Crippen LogP contribution in [-0.4, -0.2) is 75.9 Å². The van der Waals surface area contributed by atoms with Crippen molar-refractivity contribution in [2.24, 2.45) is 0 Å². The highest BCUT2D eigenvalue weighted by molar-refractivity contribution is 7.89. The highest BCUT2D eigenvalue weighted by Gasteiger charge is 2.32. The van der Waals surface area contributed by atoms with Crippen LogP contribution in [0.25, 0.3) is 16.9 Å². The average Bonchev–Trinajstić information content (AvgIpc) is 3.33. The Labute approximate surface area is 206 Å². The summed E-state index contributed by atoms with van der Waals surface area (Å²) in [5.74, 6) is 1.22. The molecule has 14 heteroatoms. The number of nitro benzene ring substituents is 1. The van der Waals surface area contributed by atoms with E-state index in [0.717, 1.165) is 11.8 Å². The van der Waals surface area contributed by atoms with E-state index < -0.39 is 14.9 Å². The quantitative estimate of drug-likeness (QED) is 0.278. The lowest BCUT2D eigenvalue weighted by Crippen LogP contribution is -2.49. The molecule has 0 saturated carbocycles. The summed E-state index contributed by atoms with van der Waals surface area (Å²) in [7, 11) is -2.33. The van der Waals surface area contributed by atoms with E-state index in [1.165, 1.54) is 22.8 Å². The molecule has 1 saturated heterocycles. The number of nitro groups is 1. The van der Waals surface area contributed by atoms with Gasteiger partial charge in [0.25, 0.3) is 5.69 Å². The summed E-state index contributed by atoms with van der Waals surface area (Å²) in [5, 5.41) is 19.7. The van der Waals surface area contributed by atoms with Crippen molar-refractivity contribution in [3.05, 3.63) is 64.5 Å². The van der Waals surface area contributed by atoms with Crippen LogP contribution in [0.4, 0.5) is 11.5 Å². The Bertz CT molecular complexity index is 1560. The Morgan fingerprint density at radius 1 is 1.06 bits per heavy atom. The number of benzene rings is 2. The van der Waals surface area contributed by atoms with E-state index in [-0.39, 0.29) is 23.7 Å².